The molecule has 0 bridgehead atoms. The van der Waals surface area contributed by atoms with Crippen LogP contribution in [0.25, 0.3) is 0 Å². The maximum atomic E-state index is 11.5. The molecule has 2 atom stereocenters. The summed E-state index contributed by atoms with van der Waals surface area (Å²) in [6, 6.07) is 0. The lowest BCUT2D eigenvalue weighted by atomic mass is 9.86. The van der Waals surface area contributed by atoms with Crippen molar-refractivity contribution in [3.05, 3.63) is 0 Å². The molecule has 5 N–H and O–H groups in total. The maximum absolute atomic E-state index is 11.5. The van der Waals surface area contributed by atoms with E-state index >= 15 is 0 Å². The largest absolute Gasteiger partial charge is 0.544 e. The van der Waals surface area contributed by atoms with Crippen molar-refractivity contribution in [2.24, 2.45) is 5.73 Å². The molecule has 8 heteroatoms. The van der Waals surface area contributed by atoms with E-state index in [-0.39, 0.29) is 19.4 Å². The number of carbonyl (C=O) groups is 2. The van der Waals surface area contributed by atoms with Crippen molar-refractivity contribution >= 4 is 11.9 Å². The number of carboxylic acid groups (broad SMARTS) is 2. The van der Waals surface area contributed by atoms with Crippen LogP contribution in [-0.4, -0.2) is 70.8 Å². The highest BCUT2D eigenvalue weighted by Crippen LogP contribution is 2.31. The molecule has 0 aliphatic carbocycles. The summed E-state index contributed by atoms with van der Waals surface area (Å²) < 4.78 is -0.400. The average molecular weight is 278 g/mol. The van der Waals surface area contributed by atoms with E-state index in [9.17, 15) is 14.7 Å². The zero-order valence-electron chi connectivity index (χ0n) is 11.2. The minimum absolute atomic E-state index is 0.104. The van der Waals surface area contributed by atoms with E-state index < -0.39 is 41.2 Å². The number of nitrogens with zero attached hydrogens (tertiary/aromatic N) is 1. The standard InChI is InChI=1S/C11H22N2O6/c1-13(2,8(12)3-5-14)11(4-6-15,10(18)19)7-9(16)17/h8,14-15H,3-7,12H2,1-2H3,(H-,16,17,18,19). The van der Waals surface area contributed by atoms with E-state index in [0.717, 1.165) is 0 Å². The lowest BCUT2D eigenvalue weighted by Gasteiger charge is -2.51. The van der Waals surface area contributed by atoms with Gasteiger partial charge in [-0.15, -0.1) is 0 Å². The molecule has 8 nitrogen and oxygen atoms in total. The first-order chi connectivity index (χ1) is 8.65. The Hall–Kier alpha value is -1.22. The molecule has 0 spiro atoms. The number of carbonyl (C=O) groups excluding carboxylic acids is 1. The molecule has 19 heavy (non-hydrogen) atoms. The second-order valence-electron chi connectivity index (χ2n) is 4.98. The smallest absolute Gasteiger partial charge is 0.310 e. The lowest BCUT2D eigenvalue weighted by molar-refractivity contribution is -0.957. The Morgan fingerprint density at radius 1 is 1.32 bits per heavy atom. The van der Waals surface area contributed by atoms with Crippen LogP contribution in [0.2, 0.25) is 0 Å². The number of hydrogen-bond donors (Lipinski definition) is 4. The lowest BCUT2D eigenvalue weighted by Crippen LogP contribution is -2.74. The van der Waals surface area contributed by atoms with Gasteiger partial charge in [-0.1, -0.05) is 0 Å². The van der Waals surface area contributed by atoms with Crippen LogP contribution in [-0.2, 0) is 9.59 Å². The molecule has 0 fully saturated rings. The Bertz CT molecular complexity index is 333. The highest BCUT2D eigenvalue weighted by atomic mass is 16.4. The van der Waals surface area contributed by atoms with Crippen LogP contribution in [0.3, 0.4) is 0 Å². The molecule has 0 saturated heterocycles. The number of rotatable bonds is 9. The molecule has 112 valence electrons. The highest BCUT2D eigenvalue weighted by Gasteiger charge is 2.51. The van der Waals surface area contributed by atoms with Crippen molar-refractivity contribution in [1.29, 1.82) is 0 Å². The molecule has 2 unspecified atom stereocenters. The van der Waals surface area contributed by atoms with Gasteiger partial charge in [-0.05, 0) is 0 Å². The van der Waals surface area contributed by atoms with Crippen LogP contribution in [0.5, 0.6) is 0 Å². The average Bonchev–Trinajstić information content (AvgIpc) is 2.27. The van der Waals surface area contributed by atoms with Gasteiger partial charge in [-0.25, -0.2) is 0 Å². The SMILES string of the molecule is C[N+](C)(C(N)CCO)C(CCO)(CC(=O)O)C(=O)[O-]. The highest BCUT2D eigenvalue weighted by molar-refractivity contribution is 5.82. The van der Waals surface area contributed by atoms with Gasteiger partial charge in [-0.2, -0.15) is 0 Å². The Balaban J connectivity index is 5.64. The van der Waals surface area contributed by atoms with Crippen LogP contribution in [0.15, 0.2) is 0 Å². The van der Waals surface area contributed by atoms with E-state index in [0.29, 0.717) is 0 Å². The van der Waals surface area contributed by atoms with Crippen molar-refractivity contribution in [3.63, 3.8) is 0 Å². The van der Waals surface area contributed by atoms with Gasteiger partial charge in [0.05, 0.1) is 20.7 Å². The molecule has 0 heterocycles. The van der Waals surface area contributed by atoms with E-state index in [1.165, 1.54) is 14.1 Å². The van der Waals surface area contributed by atoms with E-state index in [1.807, 2.05) is 0 Å². The Kier molecular flexibility index (Phi) is 6.37. The van der Waals surface area contributed by atoms with Gasteiger partial charge in [0.15, 0.2) is 5.54 Å². The minimum Gasteiger partial charge on any atom is -0.544 e. The first-order valence-electron chi connectivity index (χ1n) is 5.90. The molecular formula is C11H22N2O6. The second-order valence-corrected chi connectivity index (χ2v) is 4.98. The number of aliphatic carboxylic acids is 2. The Morgan fingerprint density at radius 2 is 1.84 bits per heavy atom. The van der Waals surface area contributed by atoms with Crippen molar-refractivity contribution in [2.45, 2.75) is 31.0 Å². The fourth-order valence-electron chi connectivity index (χ4n) is 2.20. The zero-order chi connectivity index (χ0) is 15.3. The number of aliphatic hydroxyl groups excluding tert-OH is 2. The minimum atomic E-state index is -1.85. The van der Waals surface area contributed by atoms with Crippen LogP contribution in [0, 0.1) is 0 Å². The number of aliphatic hydroxyl groups is 2. The molecule has 0 saturated carbocycles. The molecule has 0 radical (unpaired) electrons. The van der Waals surface area contributed by atoms with E-state index in [4.69, 9.17) is 21.1 Å². The Morgan fingerprint density at radius 3 is 2.16 bits per heavy atom. The van der Waals surface area contributed by atoms with Gasteiger partial charge >= 0.3 is 5.97 Å². The summed E-state index contributed by atoms with van der Waals surface area (Å²) in [5.74, 6) is -2.90. The number of hydrogen-bond acceptors (Lipinski definition) is 6. The molecule has 0 aliphatic heterocycles. The summed E-state index contributed by atoms with van der Waals surface area (Å²) in [4.78, 5) is 22.4. The summed E-state index contributed by atoms with van der Waals surface area (Å²) in [7, 11) is 2.91. The number of nitrogens with two attached hydrogens (primary N) is 1. The predicted octanol–water partition coefficient (Wildman–Crippen LogP) is -2.92. The normalized spacial score (nSPS) is 16.7. The van der Waals surface area contributed by atoms with Crippen LogP contribution in [0.4, 0.5) is 0 Å². The third kappa shape index (κ3) is 3.63. The van der Waals surface area contributed by atoms with Gasteiger partial charge in [0.25, 0.3) is 0 Å². The van der Waals surface area contributed by atoms with E-state index in [1.54, 1.807) is 0 Å². The van der Waals surface area contributed by atoms with Gasteiger partial charge in [0.2, 0.25) is 0 Å². The molecule has 0 aromatic carbocycles. The predicted molar refractivity (Wildman–Crippen MR) is 63.5 cm³/mol. The van der Waals surface area contributed by atoms with Crippen LogP contribution >= 0.6 is 0 Å². The first kappa shape index (κ1) is 17.8. The van der Waals surface area contributed by atoms with Crippen LogP contribution in [0.1, 0.15) is 19.3 Å². The van der Waals surface area contributed by atoms with Gasteiger partial charge in [0.1, 0.15) is 18.6 Å². The number of carboxylic acids is 2. The zero-order valence-corrected chi connectivity index (χ0v) is 11.2. The van der Waals surface area contributed by atoms with Crippen molar-refractivity contribution in [1.82, 2.24) is 0 Å². The van der Waals surface area contributed by atoms with Crippen LogP contribution < -0.4 is 10.8 Å². The number of quaternary nitrogens is 1. The summed E-state index contributed by atoms with van der Waals surface area (Å²) in [6.07, 6.45) is -1.71. The fraction of sp³-hybridized carbons (Fsp3) is 0.818. The third-order valence-corrected chi connectivity index (χ3v) is 3.71. The summed E-state index contributed by atoms with van der Waals surface area (Å²) >= 11 is 0. The summed E-state index contributed by atoms with van der Waals surface area (Å²) in [5.41, 5.74) is 3.99. The summed E-state index contributed by atoms with van der Waals surface area (Å²) in [6.45, 7) is -0.757. The quantitative estimate of drug-likeness (QED) is 0.261. The van der Waals surface area contributed by atoms with Gasteiger partial charge in [0, 0.05) is 19.4 Å². The fourth-order valence-corrected chi connectivity index (χ4v) is 2.20. The third-order valence-electron chi connectivity index (χ3n) is 3.71. The maximum Gasteiger partial charge on any atom is 0.310 e. The van der Waals surface area contributed by atoms with Crippen molar-refractivity contribution < 1.29 is 34.5 Å². The number of likely N-dealkylation sites (N-methyl/N-ethyl adjacent to an activating group) is 1. The molecule has 0 aromatic heterocycles. The second kappa shape index (κ2) is 6.80. The molecule has 0 rings (SSSR count). The van der Waals surface area contributed by atoms with Gasteiger partial charge in [-0.3, -0.25) is 10.5 Å². The van der Waals surface area contributed by atoms with Crippen molar-refractivity contribution in [2.75, 3.05) is 27.3 Å². The molecule has 0 aromatic rings. The van der Waals surface area contributed by atoms with Gasteiger partial charge < -0.3 is 29.7 Å². The molecular weight excluding hydrogens is 256 g/mol. The van der Waals surface area contributed by atoms with Crippen molar-refractivity contribution in [3.8, 4) is 0 Å². The first-order valence-corrected chi connectivity index (χ1v) is 5.90. The van der Waals surface area contributed by atoms with E-state index in [2.05, 4.69) is 0 Å². The molecule has 0 aliphatic rings. The summed E-state index contributed by atoms with van der Waals surface area (Å²) in [5, 5.41) is 38.4. The topological polar surface area (TPSA) is 144 Å². The molecule has 0 amide bonds. The Labute approximate surface area is 111 Å². The monoisotopic (exact) mass is 278 g/mol.